The van der Waals surface area contributed by atoms with Crippen LogP contribution in [-0.4, -0.2) is 34.9 Å². The summed E-state index contributed by atoms with van der Waals surface area (Å²) in [5.74, 6) is -1.28. The first-order valence-corrected chi connectivity index (χ1v) is 5.50. The van der Waals surface area contributed by atoms with Crippen molar-refractivity contribution in [3.05, 3.63) is 35.9 Å². The number of aliphatic carboxylic acids is 1. The van der Waals surface area contributed by atoms with Crippen LogP contribution in [-0.2, 0) is 4.79 Å². The van der Waals surface area contributed by atoms with Crippen molar-refractivity contribution in [2.75, 3.05) is 6.61 Å². The zero-order chi connectivity index (χ0) is 13.5. The molecule has 0 aromatic heterocycles. The first kappa shape index (κ1) is 14.0. The lowest BCUT2D eigenvalue weighted by atomic mass is 10.1. The number of rotatable bonds is 5. The number of nitrogens with one attached hydrogen (secondary N) is 2. The van der Waals surface area contributed by atoms with Gasteiger partial charge in [0.1, 0.15) is 0 Å². The van der Waals surface area contributed by atoms with Gasteiger partial charge in [0.25, 0.3) is 0 Å². The van der Waals surface area contributed by atoms with Gasteiger partial charge < -0.3 is 20.8 Å². The predicted molar refractivity (Wildman–Crippen MR) is 65.0 cm³/mol. The van der Waals surface area contributed by atoms with Crippen LogP contribution in [0, 0.1) is 0 Å². The van der Waals surface area contributed by atoms with E-state index in [2.05, 4.69) is 10.6 Å². The van der Waals surface area contributed by atoms with Gasteiger partial charge in [0.05, 0.1) is 12.6 Å². The highest BCUT2D eigenvalue weighted by Crippen LogP contribution is 2.10. The Morgan fingerprint density at radius 3 is 2.33 bits per heavy atom. The summed E-state index contributed by atoms with van der Waals surface area (Å²) >= 11 is 0. The third-order valence-electron chi connectivity index (χ3n) is 2.43. The lowest BCUT2D eigenvalue weighted by molar-refractivity contribution is -0.140. The van der Waals surface area contributed by atoms with Crippen LogP contribution in [0.1, 0.15) is 18.5 Å². The molecule has 6 nitrogen and oxygen atoms in total. The number of carboxylic acid groups (broad SMARTS) is 1. The normalized spacial score (nSPS) is 13.4. The van der Waals surface area contributed by atoms with Gasteiger partial charge in [-0.15, -0.1) is 0 Å². The molecule has 2 atom stereocenters. The second-order valence-electron chi connectivity index (χ2n) is 3.82. The Morgan fingerprint density at radius 1 is 1.22 bits per heavy atom. The average molecular weight is 252 g/mol. The van der Waals surface area contributed by atoms with Crippen molar-refractivity contribution in [1.29, 1.82) is 0 Å². The van der Waals surface area contributed by atoms with Gasteiger partial charge in [-0.25, -0.2) is 9.59 Å². The molecule has 2 amide bonds. The molecule has 0 saturated carbocycles. The molecule has 0 fully saturated rings. The summed E-state index contributed by atoms with van der Waals surface area (Å²) in [7, 11) is 0. The van der Waals surface area contributed by atoms with E-state index in [4.69, 9.17) is 10.2 Å². The van der Waals surface area contributed by atoms with E-state index < -0.39 is 24.6 Å². The standard InChI is InChI=1S/C12H16N2O4/c1-8(9-5-3-2-4-6-9)13-12(18)14-10(7-15)11(16)17/h2-6,8,10,15H,7H2,1H3,(H,16,17)(H2,13,14,18)/t8?,10-/m0/s1. The Hall–Kier alpha value is -2.08. The SMILES string of the molecule is CC(NC(=O)N[C@@H](CO)C(=O)O)c1ccccc1. The first-order chi connectivity index (χ1) is 8.54. The summed E-state index contributed by atoms with van der Waals surface area (Å²) in [5.41, 5.74) is 0.906. The van der Waals surface area contributed by atoms with Crippen molar-refractivity contribution in [1.82, 2.24) is 10.6 Å². The van der Waals surface area contributed by atoms with Crippen LogP contribution in [0.15, 0.2) is 30.3 Å². The van der Waals surface area contributed by atoms with E-state index >= 15 is 0 Å². The van der Waals surface area contributed by atoms with Crippen molar-refractivity contribution < 1.29 is 19.8 Å². The molecule has 0 radical (unpaired) electrons. The second-order valence-corrected chi connectivity index (χ2v) is 3.82. The average Bonchev–Trinajstić information content (AvgIpc) is 2.36. The number of aliphatic hydroxyl groups excluding tert-OH is 1. The van der Waals surface area contributed by atoms with Crippen LogP contribution in [0.25, 0.3) is 0 Å². The summed E-state index contributed by atoms with van der Waals surface area (Å²) < 4.78 is 0. The smallest absolute Gasteiger partial charge is 0.328 e. The van der Waals surface area contributed by atoms with Gasteiger partial charge in [-0.1, -0.05) is 30.3 Å². The Kier molecular flexibility index (Phi) is 5.13. The zero-order valence-electron chi connectivity index (χ0n) is 9.96. The second kappa shape index (κ2) is 6.61. The monoisotopic (exact) mass is 252 g/mol. The van der Waals surface area contributed by atoms with E-state index in [1.807, 2.05) is 30.3 Å². The number of hydrogen-bond acceptors (Lipinski definition) is 3. The molecule has 0 heterocycles. The number of carbonyl (C=O) groups is 2. The summed E-state index contributed by atoms with van der Waals surface area (Å²) in [6.45, 7) is 1.13. The van der Waals surface area contributed by atoms with Crippen molar-refractivity contribution in [3.8, 4) is 0 Å². The highest BCUT2D eigenvalue weighted by atomic mass is 16.4. The fraction of sp³-hybridized carbons (Fsp3) is 0.333. The lowest BCUT2D eigenvalue weighted by Crippen LogP contribution is -2.48. The molecule has 0 aliphatic heterocycles. The van der Waals surface area contributed by atoms with Crippen molar-refractivity contribution in [3.63, 3.8) is 0 Å². The van der Waals surface area contributed by atoms with E-state index in [1.165, 1.54) is 0 Å². The number of carbonyl (C=O) groups excluding carboxylic acids is 1. The fourth-order valence-electron chi connectivity index (χ4n) is 1.41. The Morgan fingerprint density at radius 2 is 1.83 bits per heavy atom. The van der Waals surface area contributed by atoms with E-state index in [9.17, 15) is 9.59 Å². The minimum atomic E-state index is -1.30. The summed E-state index contributed by atoms with van der Waals surface area (Å²) in [4.78, 5) is 22.1. The van der Waals surface area contributed by atoms with Gasteiger partial charge in [0.15, 0.2) is 6.04 Å². The Balaban J connectivity index is 2.52. The molecular formula is C12H16N2O4. The van der Waals surface area contributed by atoms with Crippen molar-refractivity contribution >= 4 is 12.0 Å². The maximum absolute atomic E-state index is 11.5. The summed E-state index contributed by atoms with van der Waals surface area (Å²) in [6, 6.07) is 7.08. The topological polar surface area (TPSA) is 98.7 Å². The number of urea groups is 1. The molecule has 98 valence electrons. The highest BCUT2D eigenvalue weighted by Gasteiger charge is 2.19. The molecule has 1 aromatic rings. The van der Waals surface area contributed by atoms with Gasteiger partial charge in [-0.2, -0.15) is 0 Å². The molecule has 0 aliphatic carbocycles. The molecule has 1 rings (SSSR count). The van der Waals surface area contributed by atoms with Gasteiger partial charge in [0.2, 0.25) is 0 Å². The third-order valence-corrected chi connectivity index (χ3v) is 2.43. The fourth-order valence-corrected chi connectivity index (χ4v) is 1.41. The molecule has 4 N–H and O–H groups in total. The van der Waals surface area contributed by atoms with Crippen LogP contribution in [0.2, 0.25) is 0 Å². The van der Waals surface area contributed by atoms with Crippen molar-refractivity contribution in [2.45, 2.75) is 19.0 Å². The van der Waals surface area contributed by atoms with Gasteiger partial charge in [-0.05, 0) is 12.5 Å². The van der Waals surface area contributed by atoms with Crippen molar-refractivity contribution in [2.24, 2.45) is 0 Å². The lowest BCUT2D eigenvalue weighted by Gasteiger charge is -2.17. The Labute approximate surface area is 105 Å². The number of amides is 2. The molecular weight excluding hydrogens is 236 g/mol. The number of benzene rings is 1. The van der Waals surface area contributed by atoms with Gasteiger partial charge >= 0.3 is 12.0 Å². The van der Waals surface area contributed by atoms with Crippen LogP contribution < -0.4 is 10.6 Å². The van der Waals surface area contributed by atoms with Crippen LogP contribution >= 0.6 is 0 Å². The van der Waals surface area contributed by atoms with Crippen LogP contribution in [0.5, 0.6) is 0 Å². The minimum Gasteiger partial charge on any atom is -0.480 e. The van der Waals surface area contributed by atoms with E-state index in [0.717, 1.165) is 5.56 Å². The molecule has 6 heteroatoms. The Bertz CT molecular complexity index is 408. The molecule has 1 unspecified atom stereocenters. The van der Waals surface area contributed by atoms with E-state index in [-0.39, 0.29) is 6.04 Å². The number of carboxylic acids is 1. The number of hydrogen-bond donors (Lipinski definition) is 4. The predicted octanol–water partition coefficient (Wildman–Crippen LogP) is 0.492. The molecule has 0 saturated heterocycles. The van der Waals surface area contributed by atoms with E-state index in [1.54, 1.807) is 6.92 Å². The molecule has 0 bridgehead atoms. The summed E-state index contributed by atoms with van der Waals surface area (Å²) in [6.07, 6.45) is 0. The van der Waals surface area contributed by atoms with Gasteiger partial charge in [-0.3, -0.25) is 0 Å². The van der Waals surface area contributed by atoms with E-state index in [0.29, 0.717) is 0 Å². The highest BCUT2D eigenvalue weighted by molar-refractivity contribution is 5.82. The maximum atomic E-state index is 11.5. The van der Waals surface area contributed by atoms with Gasteiger partial charge in [0, 0.05) is 0 Å². The van der Waals surface area contributed by atoms with Crippen LogP contribution in [0.4, 0.5) is 4.79 Å². The largest absolute Gasteiger partial charge is 0.480 e. The molecule has 0 aliphatic rings. The molecule has 1 aromatic carbocycles. The zero-order valence-corrected chi connectivity index (χ0v) is 9.96. The number of aliphatic hydroxyl groups is 1. The quantitative estimate of drug-likeness (QED) is 0.613. The maximum Gasteiger partial charge on any atom is 0.328 e. The summed E-state index contributed by atoms with van der Waals surface area (Å²) in [5, 5.41) is 22.2. The molecule has 18 heavy (non-hydrogen) atoms. The molecule has 0 spiro atoms. The van der Waals surface area contributed by atoms with Crippen LogP contribution in [0.3, 0.4) is 0 Å². The third kappa shape index (κ3) is 4.06. The first-order valence-electron chi connectivity index (χ1n) is 5.50. The minimum absolute atomic E-state index is 0.251.